The Bertz CT molecular complexity index is 1200. The fourth-order valence-corrected chi connectivity index (χ4v) is 5.72. The number of fused-ring (bicyclic) bond motifs is 2. The first-order valence-corrected chi connectivity index (χ1v) is 13.3. The van der Waals surface area contributed by atoms with Gasteiger partial charge in [-0.15, -0.1) is 0 Å². The van der Waals surface area contributed by atoms with E-state index in [1.165, 1.54) is 6.42 Å². The molecule has 2 aromatic carbocycles. The fraction of sp³-hybridized carbons (Fsp3) is 0.586. The van der Waals surface area contributed by atoms with Crippen molar-refractivity contribution in [3.8, 4) is 11.5 Å². The van der Waals surface area contributed by atoms with Gasteiger partial charge in [-0.2, -0.15) is 0 Å². The summed E-state index contributed by atoms with van der Waals surface area (Å²) in [6.07, 6.45) is 2.41. The molecule has 4 atom stereocenters. The first kappa shape index (κ1) is 25.9. The first-order chi connectivity index (χ1) is 17.6. The Kier molecular flexibility index (Phi) is 7.18. The summed E-state index contributed by atoms with van der Waals surface area (Å²) in [6.45, 7) is 14.4. The van der Waals surface area contributed by atoms with Gasteiger partial charge in [0.25, 0.3) is 0 Å². The van der Waals surface area contributed by atoms with Crippen LogP contribution < -0.4 is 9.47 Å². The van der Waals surface area contributed by atoms with Crippen LogP contribution in [0.3, 0.4) is 0 Å². The molecule has 5 rings (SSSR count). The Balaban J connectivity index is 1.21. The molecule has 0 amide bonds. The Morgan fingerprint density at radius 1 is 1.05 bits per heavy atom. The van der Waals surface area contributed by atoms with Gasteiger partial charge in [0.15, 0.2) is 0 Å². The van der Waals surface area contributed by atoms with Gasteiger partial charge in [0.05, 0.1) is 6.10 Å². The van der Waals surface area contributed by atoms with Gasteiger partial charge in [-0.3, -0.25) is 4.90 Å². The largest absolute Gasteiger partial charge is 0.488 e. The quantitative estimate of drug-likeness (QED) is 0.371. The highest BCUT2D eigenvalue weighted by molar-refractivity contribution is 5.74. The molecule has 0 aliphatic carbocycles. The van der Waals surface area contributed by atoms with E-state index in [2.05, 4.69) is 68.9 Å². The van der Waals surface area contributed by atoms with Crippen LogP contribution in [0.25, 0.3) is 11.0 Å². The van der Waals surface area contributed by atoms with Crippen LogP contribution in [0.15, 0.2) is 47.1 Å². The Morgan fingerprint density at radius 2 is 1.84 bits per heavy atom. The smallest absolute Gasteiger partial charge is 0.224 e. The van der Waals surface area contributed by atoms with E-state index in [1.807, 2.05) is 30.3 Å². The molecule has 8 heteroatoms. The van der Waals surface area contributed by atoms with E-state index in [-0.39, 0.29) is 17.7 Å². The lowest BCUT2D eigenvalue weighted by Crippen LogP contribution is -2.49. The Hall–Kier alpha value is -2.68. The monoisotopic (exact) mass is 509 g/mol. The van der Waals surface area contributed by atoms with Crippen molar-refractivity contribution in [2.45, 2.75) is 96.5 Å². The molecular weight excluding hydrogens is 470 g/mol. The van der Waals surface area contributed by atoms with E-state index in [0.29, 0.717) is 30.1 Å². The summed E-state index contributed by atoms with van der Waals surface area (Å²) in [6, 6.07) is 14.1. The number of hydrogen-bond acceptors (Lipinski definition) is 8. The number of aromatic nitrogens is 2. The minimum absolute atomic E-state index is 0.0451. The molecule has 3 aromatic rings. The molecule has 8 nitrogen and oxygen atoms in total. The van der Waals surface area contributed by atoms with Gasteiger partial charge < -0.3 is 18.9 Å². The highest BCUT2D eigenvalue weighted by Crippen LogP contribution is 2.43. The molecule has 0 saturated carbocycles. The van der Waals surface area contributed by atoms with Crippen LogP contribution in [0.2, 0.25) is 0 Å². The number of likely N-dealkylation sites (tertiary alicyclic amines) is 1. The zero-order valence-corrected chi connectivity index (χ0v) is 22.8. The predicted octanol–water partition coefficient (Wildman–Crippen LogP) is 5.91. The number of nitrogens with zero attached hydrogens (tertiary/aromatic N) is 3. The molecule has 3 heterocycles. The molecule has 37 heavy (non-hydrogen) atoms. The van der Waals surface area contributed by atoms with Crippen molar-refractivity contribution in [1.82, 2.24) is 15.2 Å². The molecule has 0 spiro atoms. The summed E-state index contributed by atoms with van der Waals surface area (Å²) in [4.78, 5) is 2.58. The van der Waals surface area contributed by atoms with Crippen LogP contribution in [0.1, 0.15) is 72.5 Å². The van der Waals surface area contributed by atoms with Crippen LogP contribution in [-0.2, 0) is 9.47 Å². The number of hydrogen-bond donors (Lipinski definition) is 0. The van der Waals surface area contributed by atoms with Crippen molar-refractivity contribution in [2.24, 2.45) is 0 Å². The van der Waals surface area contributed by atoms with Gasteiger partial charge >= 0.3 is 0 Å². The minimum Gasteiger partial charge on any atom is -0.488 e. The second-order valence-corrected chi connectivity index (χ2v) is 11.8. The van der Waals surface area contributed by atoms with Crippen molar-refractivity contribution in [3.63, 3.8) is 0 Å². The molecule has 1 fully saturated rings. The van der Waals surface area contributed by atoms with Crippen molar-refractivity contribution in [1.29, 1.82) is 0 Å². The van der Waals surface area contributed by atoms with E-state index >= 15 is 0 Å². The Morgan fingerprint density at radius 3 is 2.65 bits per heavy atom. The lowest BCUT2D eigenvalue weighted by molar-refractivity contribution is -0.194. The molecule has 2 aliphatic heterocycles. The second kappa shape index (κ2) is 10.2. The molecule has 200 valence electrons. The van der Waals surface area contributed by atoms with Crippen LogP contribution in [0.4, 0.5) is 0 Å². The van der Waals surface area contributed by atoms with Gasteiger partial charge in [-0.25, -0.2) is 4.63 Å². The lowest BCUT2D eigenvalue weighted by Gasteiger charge is -2.43. The summed E-state index contributed by atoms with van der Waals surface area (Å²) in [5.41, 5.74) is 2.13. The average molecular weight is 510 g/mol. The van der Waals surface area contributed by atoms with Gasteiger partial charge in [0.2, 0.25) is 6.29 Å². The molecule has 4 unspecified atom stereocenters. The van der Waals surface area contributed by atoms with Crippen LogP contribution >= 0.6 is 0 Å². The molecule has 0 bridgehead atoms. The van der Waals surface area contributed by atoms with Gasteiger partial charge in [0, 0.05) is 29.6 Å². The first-order valence-electron chi connectivity index (χ1n) is 13.3. The molecule has 1 saturated heterocycles. The molecule has 0 N–H and O–H groups in total. The zero-order chi connectivity index (χ0) is 26.2. The molecule has 0 radical (unpaired) electrons. The van der Waals surface area contributed by atoms with Gasteiger partial charge in [0.1, 0.15) is 40.8 Å². The SMILES string of the molecule is CC(CC(C)(C)Oc1ccc2nonc2c1)OCC1Oc2ccccc2C(C2CCCN2C(C)(C)C)O1. The van der Waals surface area contributed by atoms with Gasteiger partial charge in [-0.05, 0) is 89.4 Å². The predicted molar refractivity (Wildman–Crippen MR) is 141 cm³/mol. The number of ether oxygens (including phenoxy) is 4. The number of para-hydroxylation sites is 1. The maximum atomic E-state index is 6.59. The summed E-state index contributed by atoms with van der Waals surface area (Å²) in [7, 11) is 0. The summed E-state index contributed by atoms with van der Waals surface area (Å²) >= 11 is 0. The van der Waals surface area contributed by atoms with Crippen LogP contribution in [0.5, 0.6) is 11.5 Å². The number of rotatable bonds is 8. The van der Waals surface area contributed by atoms with Crippen molar-refractivity contribution in [3.05, 3.63) is 48.0 Å². The molecule has 1 aromatic heterocycles. The van der Waals surface area contributed by atoms with Crippen LogP contribution in [0, 0.1) is 0 Å². The maximum Gasteiger partial charge on any atom is 0.224 e. The zero-order valence-electron chi connectivity index (χ0n) is 22.8. The van der Waals surface area contributed by atoms with Gasteiger partial charge in [-0.1, -0.05) is 18.2 Å². The fourth-order valence-electron chi connectivity index (χ4n) is 5.72. The second-order valence-electron chi connectivity index (χ2n) is 11.8. The van der Waals surface area contributed by atoms with E-state index in [1.54, 1.807) is 0 Å². The topological polar surface area (TPSA) is 79.1 Å². The van der Waals surface area contributed by atoms with E-state index in [9.17, 15) is 0 Å². The van der Waals surface area contributed by atoms with Crippen molar-refractivity contribution < 1.29 is 23.6 Å². The van der Waals surface area contributed by atoms with Crippen molar-refractivity contribution in [2.75, 3.05) is 13.2 Å². The maximum absolute atomic E-state index is 6.59. The van der Waals surface area contributed by atoms with E-state index in [0.717, 1.165) is 30.0 Å². The van der Waals surface area contributed by atoms with E-state index in [4.69, 9.17) is 23.6 Å². The lowest BCUT2D eigenvalue weighted by atomic mass is 9.95. The molecule has 2 aliphatic rings. The third-order valence-electron chi connectivity index (χ3n) is 7.21. The van der Waals surface area contributed by atoms with Crippen LogP contribution in [-0.4, -0.2) is 57.9 Å². The van der Waals surface area contributed by atoms with E-state index < -0.39 is 11.9 Å². The standard InChI is InChI=1S/C29H39N3O5/c1-19(17-29(5,6)36-20-13-14-22-23(16-20)31-37-30-22)33-18-26-34-25-12-8-7-10-21(25)27(35-26)24-11-9-15-32(24)28(2,3)4/h7-8,10,12-14,16,19,24,26-27H,9,11,15,17-18H2,1-6H3. The summed E-state index contributed by atoms with van der Waals surface area (Å²) in [5, 5.41) is 7.74. The highest BCUT2D eigenvalue weighted by Gasteiger charge is 2.43. The third kappa shape index (κ3) is 5.92. The Labute approximate surface area is 219 Å². The summed E-state index contributed by atoms with van der Waals surface area (Å²) in [5.74, 6) is 1.61. The number of benzene rings is 2. The summed E-state index contributed by atoms with van der Waals surface area (Å²) < 4.78 is 30.1. The average Bonchev–Trinajstić information content (AvgIpc) is 3.51. The molecular formula is C29H39N3O5. The van der Waals surface area contributed by atoms with Crippen molar-refractivity contribution >= 4 is 11.0 Å². The third-order valence-corrected chi connectivity index (χ3v) is 7.21. The minimum atomic E-state index is -0.462. The normalized spacial score (nSPS) is 23.6. The highest BCUT2D eigenvalue weighted by atomic mass is 16.7.